The fourth-order valence-electron chi connectivity index (χ4n) is 3.67. The Morgan fingerprint density at radius 2 is 2.21 bits per heavy atom. The van der Waals surface area contributed by atoms with Crippen molar-refractivity contribution in [2.45, 2.75) is 25.7 Å². The maximum atomic E-state index is 12.6. The van der Waals surface area contributed by atoms with Gasteiger partial charge in [-0.1, -0.05) is 11.2 Å². The molecule has 1 saturated heterocycles. The van der Waals surface area contributed by atoms with E-state index in [1.54, 1.807) is 19.3 Å². The second-order valence-corrected chi connectivity index (χ2v) is 6.96. The molecular formula is C20H21N5O3. The van der Waals surface area contributed by atoms with Crippen LogP contribution in [0.4, 0.5) is 0 Å². The number of fused-ring (bicyclic) bond motifs is 1. The molecule has 8 nitrogen and oxygen atoms in total. The van der Waals surface area contributed by atoms with Gasteiger partial charge in [-0.3, -0.25) is 14.6 Å². The normalized spacial score (nSPS) is 16.5. The highest BCUT2D eigenvalue weighted by Gasteiger charge is 2.32. The summed E-state index contributed by atoms with van der Waals surface area (Å²) in [5.74, 6) is -0.169. The van der Waals surface area contributed by atoms with Gasteiger partial charge in [0, 0.05) is 43.6 Å². The zero-order valence-corrected chi connectivity index (χ0v) is 15.8. The van der Waals surface area contributed by atoms with Crippen LogP contribution in [0.25, 0.3) is 11.1 Å². The summed E-state index contributed by atoms with van der Waals surface area (Å²) in [5.41, 5.74) is 2.98. The zero-order valence-electron chi connectivity index (χ0n) is 15.8. The summed E-state index contributed by atoms with van der Waals surface area (Å²) in [6.07, 6.45) is 2.72. The second kappa shape index (κ2) is 7.38. The number of likely N-dealkylation sites (tertiary alicyclic amines) is 1. The van der Waals surface area contributed by atoms with Crippen molar-refractivity contribution < 1.29 is 14.1 Å². The second-order valence-electron chi connectivity index (χ2n) is 6.96. The third kappa shape index (κ3) is 3.33. The lowest BCUT2D eigenvalue weighted by Gasteiger charge is -2.16. The van der Waals surface area contributed by atoms with Crippen LogP contribution < -0.4 is 5.32 Å². The molecule has 1 atom stereocenters. The van der Waals surface area contributed by atoms with Gasteiger partial charge in [-0.05, 0) is 31.5 Å². The van der Waals surface area contributed by atoms with Crippen LogP contribution in [0.5, 0.6) is 0 Å². The first-order chi connectivity index (χ1) is 13.6. The molecule has 0 spiro atoms. The van der Waals surface area contributed by atoms with Crippen molar-refractivity contribution in [2.24, 2.45) is 0 Å². The number of hydrogen-bond acceptors (Lipinski definition) is 6. The van der Waals surface area contributed by atoms with E-state index in [0.29, 0.717) is 41.1 Å². The number of pyridine rings is 2. The Bertz CT molecular complexity index is 1030. The fourth-order valence-corrected chi connectivity index (χ4v) is 3.67. The Hall–Kier alpha value is -3.29. The van der Waals surface area contributed by atoms with E-state index in [1.165, 1.54) is 0 Å². The Morgan fingerprint density at radius 3 is 2.96 bits per heavy atom. The molecule has 0 radical (unpaired) electrons. The quantitative estimate of drug-likeness (QED) is 0.742. The summed E-state index contributed by atoms with van der Waals surface area (Å²) >= 11 is 0. The van der Waals surface area contributed by atoms with Crippen molar-refractivity contribution in [1.82, 2.24) is 25.3 Å². The SMILES string of the molecule is CNC(=O)c1cc(C)nc2onc(C3CCN(C(=O)Cc4ccccn4)C3)c12. The monoisotopic (exact) mass is 379 g/mol. The van der Waals surface area contributed by atoms with Crippen molar-refractivity contribution in [3.8, 4) is 0 Å². The summed E-state index contributed by atoms with van der Waals surface area (Å²) in [7, 11) is 1.59. The molecule has 144 valence electrons. The molecule has 1 N–H and O–H groups in total. The van der Waals surface area contributed by atoms with Crippen molar-refractivity contribution >= 4 is 22.9 Å². The van der Waals surface area contributed by atoms with E-state index >= 15 is 0 Å². The molecule has 0 bridgehead atoms. The predicted molar refractivity (Wildman–Crippen MR) is 102 cm³/mol. The molecule has 28 heavy (non-hydrogen) atoms. The number of amides is 2. The first-order valence-corrected chi connectivity index (χ1v) is 9.23. The van der Waals surface area contributed by atoms with E-state index in [2.05, 4.69) is 20.4 Å². The lowest BCUT2D eigenvalue weighted by atomic mass is 9.99. The number of aromatic nitrogens is 3. The Labute approximate surface area is 161 Å². The molecule has 1 aliphatic rings. The van der Waals surface area contributed by atoms with Crippen LogP contribution in [0.2, 0.25) is 0 Å². The Balaban J connectivity index is 1.58. The molecule has 2 amide bonds. The maximum absolute atomic E-state index is 12.6. The van der Waals surface area contributed by atoms with Gasteiger partial charge in [-0.15, -0.1) is 0 Å². The number of nitrogens with one attached hydrogen (secondary N) is 1. The van der Waals surface area contributed by atoms with Gasteiger partial charge in [0.05, 0.1) is 23.1 Å². The van der Waals surface area contributed by atoms with Gasteiger partial charge in [-0.25, -0.2) is 4.98 Å². The number of aryl methyl sites for hydroxylation is 1. The highest BCUT2D eigenvalue weighted by atomic mass is 16.5. The standard InChI is InChI=1S/C20H21N5O3/c1-12-9-15(19(27)21-2)17-18(24-28-20(17)23-12)13-6-8-25(11-13)16(26)10-14-5-3-4-7-22-14/h3-5,7,9,13H,6,8,10-11H2,1-2H3,(H,21,27). The lowest BCUT2D eigenvalue weighted by molar-refractivity contribution is -0.129. The molecule has 8 heteroatoms. The highest BCUT2D eigenvalue weighted by molar-refractivity contribution is 6.06. The van der Waals surface area contributed by atoms with Crippen LogP contribution in [0.1, 0.15) is 39.8 Å². The minimum Gasteiger partial charge on any atom is -0.355 e. The van der Waals surface area contributed by atoms with Gasteiger partial charge in [0.1, 0.15) is 0 Å². The van der Waals surface area contributed by atoms with E-state index in [9.17, 15) is 9.59 Å². The minimum atomic E-state index is -0.207. The largest absolute Gasteiger partial charge is 0.355 e. The fraction of sp³-hybridized carbons (Fsp3) is 0.350. The Kier molecular flexibility index (Phi) is 4.77. The van der Waals surface area contributed by atoms with Crippen molar-refractivity contribution in [3.05, 3.63) is 53.1 Å². The van der Waals surface area contributed by atoms with Crippen LogP contribution >= 0.6 is 0 Å². The lowest BCUT2D eigenvalue weighted by Crippen LogP contribution is -2.30. The minimum absolute atomic E-state index is 0.00171. The zero-order chi connectivity index (χ0) is 19.7. The van der Waals surface area contributed by atoms with Crippen molar-refractivity contribution in [3.63, 3.8) is 0 Å². The van der Waals surface area contributed by atoms with E-state index in [4.69, 9.17) is 4.52 Å². The van der Waals surface area contributed by atoms with E-state index in [1.807, 2.05) is 30.0 Å². The van der Waals surface area contributed by atoms with Crippen molar-refractivity contribution in [1.29, 1.82) is 0 Å². The number of nitrogens with zero attached hydrogens (tertiary/aromatic N) is 4. The number of carbonyl (C=O) groups is 2. The molecule has 4 heterocycles. The van der Waals surface area contributed by atoms with Gasteiger partial charge in [-0.2, -0.15) is 0 Å². The summed E-state index contributed by atoms with van der Waals surface area (Å²) in [5, 5.41) is 7.49. The molecule has 0 saturated carbocycles. The van der Waals surface area contributed by atoms with Crippen LogP contribution in [0.15, 0.2) is 35.0 Å². The molecule has 3 aromatic rings. The summed E-state index contributed by atoms with van der Waals surface area (Å²) < 4.78 is 5.41. The number of rotatable bonds is 4. The van der Waals surface area contributed by atoms with Gasteiger partial charge >= 0.3 is 0 Å². The first-order valence-electron chi connectivity index (χ1n) is 9.23. The van der Waals surface area contributed by atoms with Gasteiger partial charge in [0.2, 0.25) is 5.91 Å². The third-order valence-corrected chi connectivity index (χ3v) is 5.06. The van der Waals surface area contributed by atoms with E-state index in [-0.39, 0.29) is 24.2 Å². The molecule has 0 aromatic carbocycles. The summed E-state index contributed by atoms with van der Waals surface area (Å²) in [4.78, 5) is 35.4. The molecule has 3 aromatic heterocycles. The third-order valence-electron chi connectivity index (χ3n) is 5.06. The van der Waals surface area contributed by atoms with Crippen LogP contribution in [0.3, 0.4) is 0 Å². The highest BCUT2D eigenvalue weighted by Crippen LogP contribution is 2.33. The predicted octanol–water partition coefficient (Wildman–Crippen LogP) is 1.84. The van der Waals surface area contributed by atoms with Crippen molar-refractivity contribution in [2.75, 3.05) is 20.1 Å². The average Bonchev–Trinajstić information content (AvgIpc) is 3.34. The molecule has 1 unspecified atom stereocenters. The topological polar surface area (TPSA) is 101 Å². The smallest absolute Gasteiger partial charge is 0.259 e. The van der Waals surface area contributed by atoms with Gasteiger partial charge in [0.15, 0.2) is 0 Å². The van der Waals surface area contributed by atoms with Crippen LogP contribution in [0, 0.1) is 6.92 Å². The molecule has 1 fully saturated rings. The first kappa shape index (κ1) is 18.1. The maximum Gasteiger partial charge on any atom is 0.259 e. The van der Waals surface area contributed by atoms with E-state index < -0.39 is 0 Å². The Morgan fingerprint density at radius 1 is 1.36 bits per heavy atom. The molecule has 1 aliphatic heterocycles. The van der Waals surface area contributed by atoms with Crippen LogP contribution in [-0.4, -0.2) is 52.0 Å². The molecular weight excluding hydrogens is 358 g/mol. The summed E-state index contributed by atoms with van der Waals surface area (Å²) in [6, 6.07) is 7.29. The number of carbonyl (C=O) groups excluding carboxylic acids is 2. The number of hydrogen-bond donors (Lipinski definition) is 1. The van der Waals surface area contributed by atoms with E-state index in [0.717, 1.165) is 12.1 Å². The summed E-state index contributed by atoms with van der Waals surface area (Å²) in [6.45, 7) is 2.98. The average molecular weight is 379 g/mol. The molecule has 4 rings (SSSR count). The van der Waals surface area contributed by atoms with Gasteiger partial charge < -0.3 is 14.7 Å². The van der Waals surface area contributed by atoms with Crippen LogP contribution in [-0.2, 0) is 11.2 Å². The van der Waals surface area contributed by atoms with Gasteiger partial charge in [0.25, 0.3) is 11.6 Å². The molecule has 0 aliphatic carbocycles.